The molecule has 1 aromatic heterocycles. The first-order valence-electron chi connectivity index (χ1n) is 6.11. The van der Waals surface area contributed by atoms with E-state index in [2.05, 4.69) is 15.1 Å². The van der Waals surface area contributed by atoms with Crippen molar-refractivity contribution in [1.29, 1.82) is 0 Å². The van der Waals surface area contributed by atoms with Gasteiger partial charge >= 0.3 is 5.69 Å². The Kier molecular flexibility index (Phi) is 3.77. The van der Waals surface area contributed by atoms with Gasteiger partial charge in [-0.05, 0) is 18.4 Å². The van der Waals surface area contributed by atoms with Crippen molar-refractivity contribution in [1.82, 2.24) is 9.78 Å². The number of aromatic nitrogens is 2. The van der Waals surface area contributed by atoms with Crippen LogP contribution in [0.25, 0.3) is 10.4 Å². The predicted octanol–water partition coefficient (Wildman–Crippen LogP) is 0.970. The van der Waals surface area contributed by atoms with Crippen LogP contribution in [-0.2, 0) is 7.05 Å². The van der Waals surface area contributed by atoms with Gasteiger partial charge in [-0.25, -0.2) is 4.68 Å². The first kappa shape index (κ1) is 14.1. The molecule has 1 N–H and O–H groups in total. The lowest BCUT2D eigenvalue weighted by atomic mass is 9.91. The van der Waals surface area contributed by atoms with Crippen molar-refractivity contribution in [3.05, 3.63) is 26.8 Å². The lowest BCUT2D eigenvalue weighted by molar-refractivity contribution is -0.384. The van der Waals surface area contributed by atoms with Gasteiger partial charge in [-0.15, -0.1) is 0 Å². The number of aryl methyl sites for hydroxylation is 1. The van der Waals surface area contributed by atoms with Gasteiger partial charge in [0.1, 0.15) is 6.20 Å². The normalized spacial score (nSPS) is 17.6. The van der Waals surface area contributed by atoms with Crippen LogP contribution in [-0.4, -0.2) is 45.0 Å². The summed E-state index contributed by atoms with van der Waals surface area (Å²) in [6.45, 7) is 0.903. The molecular formula is C10H15N7O3. The minimum absolute atomic E-state index is 0.0187. The molecule has 0 saturated carbocycles. The fourth-order valence-corrected chi connectivity index (χ4v) is 2.37. The van der Waals surface area contributed by atoms with Gasteiger partial charge in [0.15, 0.2) is 0 Å². The van der Waals surface area contributed by atoms with Crippen molar-refractivity contribution in [3.8, 4) is 0 Å². The molecule has 0 aliphatic carbocycles. The fraction of sp³-hybridized carbons (Fsp3) is 0.700. The topological polar surface area (TPSA) is 133 Å². The van der Waals surface area contributed by atoms with E-state index in [0.29, 0.717) is 31.7 Å². The molecule has 108 valence electrons. The lowest BCUT2D eigenvalue weighted by Gasteiger charge is -2.37. The minimum Gasteiger partial charge on any atom is -0.390 e. The maximum absolute atomic E-state index is 11.0. The quantitative estimate of drug-likeness (QED) is 0.288. The van der Waals surface area contributed by atoms with Crippen molar-refractivity contribution >= 4 is 11.5 Å². The van der Waals surface area contributed by atoms with Crippen molar-refractivity contribution in [2.75, 3.05) is 24.5 Å². The molecule has 1 aromatic rings. The summed E-state index contributed by atoms with van der Waals surface area (Å²) in [4.78, 5) is 15.0. The molecule has 1 aliphatic rings. The largest absolute Gasteiger partial charge is 0.390 e. The second kappa shape index (κ2) is 5.35. The molecule has 20 heavy (non-hydrogen) atoms. The summed E-state index contributed by atoms with van der Waals surface area (Å²) in [5.41, 5.74) is 7.22. The number of nitrogens with zero attached hydrogens (tertiary/aromatic N) is 7. The SMILES string of the molecule is Cn1ncc([N+](=O)[O-])c1N1CCC(O)(CN=[N+]=[N-])CC1. The molecule has 1 fully saturated rings. The van der Waals surface area contributed by atoms with Crippen LogP contribution in [0, 0.1) is 10.1 Å². The second-order valence-electron chi connectivity index (χ2n) is 4.83. The van der Waals surface area contributed by atoms with Crippen molar-refractivity contribution in [2.45, 2.75) is 18.4 Å². The van der Waals surface area contributed by atoms with Crippen molar-refractivity contribution < 1.29 is 10.0 Å². The maximum Gasteiger partial charge on any atom is 0.331 e. The molecule has 0 unspecified atom stereocenters. The van der Waals surface area contributed by atoms with E-state index in [-0.39, 0.29) is 12.2 Å². The number of nitro groups is 1. The zero-order chi connectivity index (χ0) is 14.8. The van der Waals surface area contributed by atoms with Crippen LogP contribution >= 0.6 is 0 Å². The number of azide groups is 1. The van der Waals surface area contributed by atoms with E-state index >= 15 is 0 Å². The third kappa shape index (κ3) is 2.65. The molecule has 0 atom stereocenters. The smallest absolute Gasteiger partial charge is 0.331 e. The number of aliphatic hydroxyl groups is 1. The first-order valence-corrected chi connectivity index (χ1v) is 6.11. The minimum atomic E-state index is -1.03. The van der Waals surface area contributed by atoms with Gasteiger partial charge in [-0.3, -0.25) is 10.1 Å². The highest BCUT2D eigenvalue weighted by atomic mass is 16.6. The zero-order valence-electron chi connectivity index (χ0n) is 11.0. The van der Waals surface area contributed by atoms with E-state index in [4.69, 9.17) is 5.53 Å². The van der Waals surface area contributed by atoms with Gasteiger partial charge in [-0.2, -0.15) is 5.10 Å². The monoisotopic (exact) mass is 281 g/mol. The number of rotatable bonds is 4. The Hall–Kier alpha value is -2.32. The number of hydrogen-bond donors (Lipinski definition) is 1. The van der Waals surface area contributed by atoms with E-state index in [1.165, 1.54) is 10.9 Å². The molecular weight excluding hydrogens is 266 g/mol. The Bertz CT molecular complexity index is 555. The zero-order valence-corrected chi connectivity index (χ0v) is 11.0. The highest BCUT2D eigenvalue weighted by Gasteiger charge is 2.35. The van der Waals surface area contributed by atoms with Gasteiger partial charge in [0.05, 0.1) is 17.1 Å². The molecule has 0 radical (unpaired) electrons. The third-order valence-corrected chi connectivity index (χ3v) is 3.51. The van der Waals surface area contributed by atoms with E-state index < -0.39 is 10.5 Å². The summed E-state index contributed by atoms with van der Waals surface area (Å²) < 4.78 is 1.45. The molecule has 10 heteroatoms. The van der Waals surface area contributed by atoms with Gasteiger partial charge in [0.2, 0.25) is 5.82 Å². The molecule has 0 amide bonds. The lowest BCUT2D eigenvalue weighted by Crippen LogP contribution is -2.46. The summed E-state index contributed by atoms with van der Waals surface area (Å²) in [5.74, 6) is 0.431. The second-order valence-corrected chi connectivity index (χ2v) is 4.83. The number of anilines is 1. The van der Waals surface area contributed by atoms with Crippen LogP contribution in [0.2, 0.25) is 0 Å². The Morgan fingerprint density at radius 2 is 2.30 bits per heavy atom. The van der Waals surface area contributed by atoms with Crippen LogP contribution in [0.15, 0.2) is 11.3 Å². The highest BCUT2D eigenvalue weighted by Crippen LogP contribution is 2.32. The molecule has 0 aromatic carbocycles. The summed E-state index contributed by atoms with van der Waals surface area (Å²) in [6, 6.07) is 0. The van der Waals surface area contributed by atoms with E-state index in [0.717, 1.165) is 0 Å². The molecule has 0 spiro atoms. The van der Waals surface area contributed by atoms with Crippen LogP contribution in [0.3, 0.4) is 0 Å². The standard InChI is InChI=1S/C10H15N7O3/c1-15-9(8(6-13-15)17(19)20)16-4-2-10(18,3-5-16)7-12-14-11/h6,18H,2-5,7H2,1H3. The van der Waals surface area contributed by atoms with Gasteiger partial charge in [0.25, 0.3) is 0 Å². The molecule has 1 saturated heterocycles. The Balaban J connectivity index is 2.13. The fourth-order valence-electron chi connectivity index (χ4n) is 2.37. The Morgan fingerprint density at radius 1 is 1.65 bits per heavy atom. The molecule has 10 nitrogen and oxygen atoms in total. The van der Waals surface area contributed by atoms with Crippen molar-refractivity contribution in [3.63, 3.8) is 0 Å². The van der Waals surface area contributed by atoms with Gasteiger partial charge in [0, 0.05) is 25.0 Å². The van der Waals surface area contributed by atoms with Crippen LogP contribution in [0.4, 0.5) is 11.5 Å². The van der Waals surface area contributed by atoms with Crippen LogP contribution in [0.1, 0.15) is 12.8 Å². The highest BCUT2D eigenvalue weighted by molar-refractivity contribution is 5.57. The number of piperidine rings is 1. The van der Waals surface area contributed by atoms with E-state index in [9.17, 15) is 15.2 Å². The average Bonchev–Trinajstić information content (AvgIpc) is 2.80. The Morgan fingerprint density at radius 3 is 2.85 bits per heavy atom. The molecule has 0 bridgehead atoms. The van der Waals surface area contributed by atoms with Gasteiger partial charge in [-0.1, -0.05) is 5.11 Å². The molecule has 1 aliphatic heterocycles. The first-order chi connectivity index (χ1) is 9.47. The number of hydrogen-bond acceptors (Lipinski definition) is 6. The average molecular weight is 281 g/mol. The Labute approximate surface area is 114 Å². The predicted molar refractivity (Wildman–Crippen MR) is 70.3 cm³/mol. The third-order valence-electron chi connectivity index (χ3n) is 3.51. The summed E-state index contributed by atoms with van der Waals surface area (Å²) in [7, 11) is 1.64. The summed E-state index contributed by atoms with van der Waals surface area (Å²) in [5, 5.41) is 28.5. The summed E-state index contributed by atoms with van der Waals surface area (Å²) in [6.07, 6.45) is 1.98. The van der Waals surface area contributed by atoms with E-state index in [1.54, 1.807) is 7.05 Å². The van der Waals surface area contributed by atoms with Crippen molar-refractivity contribution in [2.24, 2.45) is 12.2 Å². The molecule has 2 rings (SSSR count). The summed E-state index contributed by atoms with van der Waals surface area (Å²) >= 11 is 0. The molecule has 2 heterocycles. The van der Waals surface area contributed by atoms with Gasteiger partial charge < -0.3 is 10.0 Å². The maximum atomic E-state index is 11.0. The van der Waals surface area contributed by atoms with E-state index in [1.807, 2.05) is 4.90 Å². The van der Waals surface area contributed by atoms with Crippen LogP contribution < -0.4 is 4.90 Å². The van der Waals surface area contributed by atoms with Crippen LogP contribution in [0.5, 0.6) is 0 Å².